The van der Waals surface area contributed by atoms with E-state index in [4.69, 9.17) is 4.52 Å². The fourth-order valence-electron chi connectivity index (χ4n) is 2.51. The van der Waals surface area contributed by atoms with Crippen LogP contribution in [0.4, 0.5) is 4.39 Å². The first-order chi connectivity index (χ1) is 11.1. The quantitative estimate of drug-likeness (QED) is 0.676. The van der Waals surface area contributed by atoms with Crippen LogP contribution in [-0.2, 0) is 13.0 Å². The molecule has 0 radical (unpaired) electrons. The highest BCUT2D eigenvalue weighted by atomic mass is 19.1. The normalized spacial score (nSPS) is 10.9. The number of halogens is 1. The van der Waals surface area contributed by atoms with Gasteiger partial charge in [0.15, 0.2) is 5.78 Å². The number of hydrogen-bond acceptors (Lipinski definition) is 4. The van der Waals surface area contributed by atoms with Crippen LogP contribution < -0.4 is 0 Å². The van der Waals surface area contributed by atoms with Crippen LogP contribution >= 0.6 is 0 Å². The molecule has 0 aliphatic carbocycles. The van der Waals surface area contributed by atoms with Crippen molar-refractivity contribution in [2.24, 2.45) is 0 Å². The molecule has 3 aromatic rings. The van der Waals surface area contributed by atoms with E-state index in [2.05, 4.69) is 10.3 Å². The third-order valence-electron chi connectivity index (χ3n) is 3.66. The number of benzene rings is 1. The average Bonchev–Trinajstić information content (AvgIpc) is 3.17. The van der Waals surface area contributed by atoms with Gasteiger partial charge in [0.25, 0.3) is 0 Å². The third-order valence-corrected chi connectivity index (χ3v) is 3.66. The van der Waals surface area contributed by atoms with Crippen molar-refractivity contribution < 1.29 is 13.7 Å². The fraction of sp³-hybridized carbons (Fsp3) is 0.235. The first-order valence-corrected chi connectivity index (χ1v) is 7.34. The molecule has 0 bridgehead atoms. The van der Waals surface area contributed by atoms with E-state index in [1.54, 1.807) is 18.5 Å². The number of rotatable bonds is 5. The molecule has 1 aromatic carbocycles. The molecule has 0 saturated heterocycles. The molecule has 0 spiro atoms. The Morgan fingerprint density at radius 3 is 2.91 bits per heavy atom. The van der Waals surface area contributed by atoms with Gasteiger partial charge in [0, 0.05) is 35.9 Å². The molecule has 0 N–H and O–H groups in total. The second-order valence-electron chi connectivity index (χ2n) is 5.32. The maximum atomic E-state index is 13.4. The lowest BCUT2D eigenvalue weighted by molar-refractivity contribution is 0.101. The van der Waals surface area contributed by atoms with E-state index < -0.39 is 5.82 Å². The minimum atomic E-state index is -0.451. The topological polar surface area (TPSA) is 60.9 Å². The minimum Gasteiger partial charge on any atom is -0.364 e. The van der Waals surface area contributed by atoms with Gasteiger partial charge in [0.1, 0.15) is 17.8 Å². The summed E-state index contributed by atoms with van der Waals surface area (Å²) in [6.07, 6.45) is 5.86. The van der Waals surface area contributed by atoms with Gasteiger partial charge in [-0.05, 0) is 37.6 Å². The average molecular weight is 313 g/mol. The van der Waals surface area contributed by atoms with Crippen LogP contribution in [-0.4, -0.2) is 20.7 Å². The molecule has 0 saturated carbocycles. The van der Waals surface area contributed by atoms with Crippen LogP contribution in [0.1, 0.15) is 35.3 Å². The lowest BCUT2D eigenvalue weighted by Crippen LogP contribution is -1.99. The van der Waals surface area contributed by atoms with Crippen LogP contribution in [0.2, 0.25) is 0 Å². The molecule has 118 valence electrons. The summed E-state index contributed by atoms with van der Waals surface area (Å²) in [6.45, 7) is 4.21. The predicted octanol–water partition coefficient (Wildman–Crippen LogP) is 3.49. The molecular formula is C17H16FN3O2. The highest BCUT2D eigenvalue weighted by Crippen LogP contribution is 2.28. The summed E-state index contributed by atoms with van der Waals surface area (Å²) < 4.78 is 20.4. The highest BCUT2D eigenvalue weighted by Gasteiger charge is 2.17. The van der Waals surface area contributed by atoms with Crippen molar-refractivity contribution in [1.82, 2.24) is 14.9 Å². The van der Waals surface area contributed by atoms with Crippen molar-refractivity contribution in [3.8, 4) is 11.3 Å². The van der Waals surface area contributed by atoms with Gasteiger partial charge in [-0.25, -0.2) is 4.39 Å². The molecule has 0 fully saturated rings. The van der Waals surface area contributed by atoms with Gasteiger partial charge in [0.2, 0.25) is 0 Å². The van der Waals surface area contributed by atoms with Gasteiger partial charge < -0.3 is 4.52 Å². The molecule has 23 heavy (non-hydrogen) atoms. The first kappa shape index (κ1) is 15.1. The lowest BCUT2D eigenvalue weighted by atomic mass is 9.97. The molecule has 0 amide bonds. The van der Waals surface area contributed by atoms with E-state index in [1.165, 1.54) is 19.1 Å². The van der Waals surface area contributed by atoms with Gasteiger partial charge in [0.05, 0.1) is 6.20 Å². The van der Waals surface area contributed by atoms with Crippen molar-refractivity contribution in [2.75, 3.05) is 0 Å². The van der Waals surface area contributed by atoms with Crippen LogP contribution in [0.5, 0.6) is 0 Å². The van der Waals surface area contributed by atoms with E-state index in [0.717, 1.165) is 17.7 Å². The Kier molecular flexibility index (Phi) is 4.06. The summed E-state index contributed by atoms with van der Waals surface area (Å²) >= 11 is 0. The highest BCUT2D eigenvalue weighted by molar-refractivity contribution is 6.00. The molecule has 6 heteroatoms. The number of hydrogen-bond donors (Lipinski definition) is 0. The number of aryl methyl sites for hydroxylation is 1. The molecule has 5 nitrogen and oxygen atoms in total. The van der Waals surface area contributed by atoms with Crippen molar-refractivity contribution >= 4 is 5.78 Å². The van der Waals surface area contributed by atoms with Gasteiger partial charge >= 0.3 is 0 Å². The smallest absolute Gasteiger partial charge is 0.160 e. The Morgan fingerprint density at radius 2 is 2.22 bits per heavy atom. The summed E-state index contributed by atoms with van der Waals surface area (Å²) in [4.78, 5) is 11.8. The summed E-state index contributed by atoms with van der Waals surface area (Å²) in [6, 6.07) is 4.10. The molecule has 0 aliphatic heterocycles. The SMILES string of the molecule is CCn1cc(Cc2conc2-c2ccc(F)cc2C(C)=O)cn1. The van der Waals surface area contributed by atoms with Gasteiger partial charge in [-0.3, -0.25) is 9.48 Å². The largest absolute Gasteiger partial charge is 0.364 e. The fourth-order valence-corrected chi connectivity index (χ4v) is 2.51. The van der Waals surface area contributed by atoms with Gasteiger partial charge in [-0.1, -0.05) is 5.16 Å². The second kappa shape index (κ2) is 6.16. The van der Waals surface area contributed by atoms with Crippen molar-refractivity contribution in [2.45, 2.75) is 26.8 Å². The Labute approximate surface area is 132 Å². The van der Waals surface area contributed by atoms with E-state index in [-0.39, 0.29) is 5.78 Å². The van der Waals surface area contributed by atoms with Crippen molar-refractivity contribution in [3.05, 3.63) is 59.4 Å². The summed E-state index contributed by atoms with van der Waals surface area (Å²) in [5.74, 6) is -0.666. The Balaban J connectivity index is 1.99. The Morgan fingerprint density at radius 1 is 1.39 bits per heavy atom. The molecular weight excluding hydrogens is 297 g/mol. The monoisotopic (exact) mass is 313 g/mol. The number of aromatic nitrogens is 3. The second-order valence-corrected chi connectivity index (χ2v) is 5.32. The van der Waals surface area contributed by atoms with E-state index in [1.807, 2.05) is 17.8 Å². The predicted molar refractivity (Wildman–Crippen MR) is 82.6 cm³/mol. The Bertz CT molecular complexity index is 851. The van der Waals surface area contributed by atoms with Crippen LogP contribution in [0.3, 0.4) is 0 Å². The maximum Gasteiger partial charge on any atom is 0.160 e. The Hall–Kier alpha value is -2.76. The molecule has 0 unspecified atom stereocenters. The first-order valence-electron chi connectivity index (χ1n) is 7.34. The van der Waals surface area contributed by atoms with Gasteiger partial charge in [-0.15, -0.1) is 0 Å². The zero-order chi connectivity index (χ0) is 16.4. The number of carbonyl (C=O) groups excluding carboxylic acids is 1. The molecule has 2 aromatic heterocycles. The van der Waals surface area contributed by atoms with E-state index >= 15 is 0 Å². The standard InChI is InChI=1S/C17H16FN3O2/c1-3-21-9-12(8-19-21)6-13-10-23-20-17(13)15-5-4-14(18)7-16(15)11(2)22/h4-5,7-10H,3,6H2,1-2H3. The number of ketones is 1. The summed E-state index contributed by atoms with van der Waals surface area (Å²) in [5.41, 5.74) is 3.27. The molecule has 2 heterocycles. The minimum absolute atomic E-state index is 0.216. The van der Waals surface area contributed by atoms with E-state index in [9.17, 15) is 9.18 Å². The van der Waals surface area contributed by atoms with Crippen LogP contribution in [0.15, 0.2) is 41.4 Å². The lowest BCUT2D eigenvalue weighted by Gasteiger charge is -2.06. The number of nitrogens with zero attached hydrogens (tertiary/aromatic N) is 3. The maximum absolute atomic E-state index is 13.4. The van der Waals surface area contributed by atoms with Crippen LogP contribution in [0.25, 0.3) is 11.3 Å². The molecule has 0 aliphatic rings. The summed E-state index contributed by atoms with van der Waals surface area (Å²) in [5, 5.41) is 8.24. The molecule has 0 atom stereocenters. The zero-order valence-corrected chi connectivity index (χ0v) is 12.9. The third kappa shape index (κ3) is 3.06. The van der Waals surface area contributed by atoms with Crippen molar-refractivity contribution in [1.29, 1.82) is 0 Å². The van der Waals surface area contributed by atoms with Crippen LogP contribution in [0, 0.1) is 5.82 Å². The zero-order valence-electron chi connectivity index (χ0n) is 12.9. The van der Waals surface area contributed by atoms with Gasteiger partial charge in [-0.2, -0.15) is 5.10 Å². The number of Topliss-reactive ketones (excluding diaryl/α,β-unsaturated/α-hetero) is 1. The van der Waals surface area contributed by atoms with Crippen molar-refractivity contribution in [3.63, 3.8) is 0 Å². The molecule has 3 rings (SSSR count). The van der Waals surface area contributed by atoms with E-state index in [0.29, 0.717) is 23.2 Å². The number of carbonyl (C=O) groups is 1. The summed E-state index contributed by atoms with van der Waals surface area (Å²) in [7, 11) is 0.